The minimum atomic E-state index is 0.212. The van der Waals surface area contributed by atoms with Crippen molar-refractivity contribution in [3.63, 3.8) is 0 Å². The third kappa shape index (κ3) is 3.88. The molecule has 2 heterocycles. The van der Waals surface area contributed by atoms with Gasteiger partial charge in [-0.3, -0.25) is 9.69 Å². The molecule has 2 fully saturated rings. The first kappa shape index (κ1) is 18.8. The number of rotatable bonds is 6. The molecule has 0 radical (unpaired) electrons. The van der Waals surface area contributed by atoms with Crippen LogP contribution < -0.4 is 9.47 Å². The van der Waals surface area contributed by atoms with Crippen molar-refractivity contribution in [1.82, 2.24) is 9.80 Å². The molecule has 1 amide bonds. The van der Waals surface area contributed by atoms with Crippen LogP contribution in [0.4, 0.5) is 0 Å². The quantitative estimate of drug-likeness (QED) is 0.733. The summed E-state index contributed by atoms with van der Waals surface area (Å²) in [5.41, 5.74) is 1.39. The molecule has 0 N–H and O–H groups in total. The van der Waals surface area contributed by atoms with E-state index >= 15 is 0 Å². The Morgan fingerprint density at radius 1 is 1.23 bits per heavy atom. The number of benzene rings is 1. The molecule has 1 aromatic rings. The van der Waals surface area contributed by atoms with Crippen LogP contribution in [-0.4, -0.2) is 56.1 Å². The number of carbonyl (C=O) groups excluding carboxylic acids is 1. The molecule has 2 aliphatic heterocycles. The summed E-state index contributed by atoms with van der Waals surface area (Å²) in [5, 5.41) is 0. The highest BCUT2D eigenvalue weighted by Crippen LogP contribution is 2.40. The van der Waals surface area contributed by atoms with E-state index in [0.717, 1.165) is 56.2 Å². The van der Waals surface area contributed by atoms with Crippen molar-refractivity contribution in [2.75, 3.05) is 40.4 Å². The maximum absolute atomic E-state index is 12.2. The number of methoxy groups -OCH3 is 2. The number of piperidine rings is 1. The first-order chi connectivity index (χ1) is 12.6. The average Bonchev–Trinajstić information content (AvgIpc) is 3.05. The minimum Gasteiger partial charge on any atom is -0.493 e. The summed E-state index contributed by atoms with van der Waals surface area (Å²) in [7, 11) is 3.37. The van der Waals surface area contributed by atoms with Crippen molar-refractivity contribution >= 4 is 5.91 Å². The number of ether oxygens (including phenoxy) is 2. The molecule has 0 bridgehead atoms. The SMILES string of the molecule is C=CCC(=O)N1CCC2(CCCN(Cc3cccc(OC)c3OC)C2)C1. The predicted molar refractivity (Wildman–Crippen MR) is 103 cm³/mol. The van der Waals surface area contributed by atoms with E-state index < -0.39 is 0 Å². The fourth-order valence-electron chi connectivity index (χ4n) is 4.50. The van der Waals surface area contributed by atoms with Crippen LogP contribution in [0.3, 0.4) is 0 Å². The Labute approximate surface area is 156 Å². The first-order valence-electron chi connectivity index (χ1n) is 9.42. The summed E-state index contributed by atoms with van der Waals surface area (Å²) >= 11 is 0. The number of hydrogen-bond donors (Lipinski definition) is 0. The lowest BCUT2D eigenvalue weighted by Crippen LogP contribution is -2.45. The Balaban J connectivity index is 1.68. The van der Waals surface area contributed by atoms with Crippen LogP contribution in [0.2, 0.25) is 0 Å². The van der Waals surface area contributed by atoms with E-state index in [2.05, 4.69) is 17.5 Å². The number of nitrogens with zero attached hydrogens (tertiary/aromatic N) is 2. The topological polar surface area (TPSA) is 42.0 Å². The van der Waals surface area contributed by atoms with Gasteiger partial charge >= 0.3 is 0 Å². The van der Waals surface area contributed by atoms with Crippen molar-refractivity contribution in [1.29, 1.82) is 0 Å². The monoisotopic (exact) mass is 358 g/mol. The van der Waals surface area contributed by atoms with Crippen molar-refractivity contribution in [2.45, 2.75) is 32.2 Å². The molecule has 3 rings (SSSR count). The van der Waals surface area contributed by atoms with Crippen molar-refractivity contribution in [2.24, 2.45) is 5.41 Å². The Hall–Kier alpha value is -2.01. The van der Waals surface area contributed by atoms with E-state index in [9.17, 15) is 4.79 Å². The predicted octanol–water partition coefficient (Wildman–Crippen LogP) is 3.09. The minimum absolute atomic E-state index is 0.212. The number of para-hydroxylation sites is 1. The summed E-state index contributed by atoms with van der Waals surface area (Å²) in [4.78, 5) is 16.7. The van der Waals surface area contributed by atoms with Gasteiger partial charge in [0.05, 0.1) is 14.2 Å². The van der Waals surface area contributed by atoms with Gasteiger partial charge in [0.2, 0.25) is 5.91 Å². The second-order valence-electron chi connectivity index (χ2n) is 7.52. The first-order valence-corrected chi connectivity index (χ1v) is 9.42. The van der Waals surface area contributed by atoms with Gasteiger partial charge in [0.25, 0.3) is 0 Å². The maximum Gasteiger partial charge on any atom is 0.226 e. The molecule has 0 aromatic heterocycles. The highest BCUT2D eigenvalue weighted by molar-refractivity contribution is 5.78. The van der Waals surface area contributed by atoms with E-state index in [0.29, 0.717) is 6.42 Å². The summed E-state index contributed by atoms with van der Waals surface area (Å²) in [6, 6.07) is 6.05. The molecule has 2 saturated heterocycles. The standard InChI is InChI=1S/C21H30N2O3/c1-4-7-19(24)23-13-11-21(16-23)10-6-12-22(15-21)14-17-8-5-9-18(25-2)20(17)26-3/h4-5,8-9H,1,6-7,10-16H2,2-3H3. The van der Waals surface area contributed by atoms with Gasteiger partial charge in [-0.05, 0) is 31.9 Å². The lowest BCUT2D eigenvalue weighted by atomic mass is 9.79. The van der Waals surface area contributed by atoms with E-state index in [1.807, 2.05) is 17.0 Å². The summed E-state index contributed by atoms with van der Waals surface area (Å²) in [6.07, 6.45) is 5.63. The zero-order valence-corrected chi connectivity index (χ0v) is 16.0. The molecule has 1 spiro atoms. The van der Waals surface area contributed by atoms with Gasteiger partial charge < -0.3 is 14.4 Å². The molecule has 0 aliphatic carbocycles. The number of amides is 1. The van der Waals surface area contributed by atoms with Crippen LogP contribution in [0.1, 0.15) is 31.2 Å². The lowest BCUT2D eigenvalue weighted by Gasteiger charge is -2.40. The van der Waals surface area contributed by atoms with Crippen LogP contribution in [-0.2, 0) is 11.3 Å². The van der Waals surface area contributed by atoms with Crippen molar-refractivity contribution in [3.05, 3.63) is 36.4 Å². The molecule has 1 atom stereocenters. The normalized spacial score (nSPS) is 23.2. The Kier molecular flexibility index (Phi) is 5.87. The fourth-order valence-corrected chi connectivity index (χ4v) is 4.50. The van der Waals surface area contributed by atoms with Crippen molar-refractivity contribution < 1.29 is 14.3 Å². The van der Waals surface area contributed by atoms with Crippen LogP contribution in [0, 0.1) is 5.41 Å². The van der Waals surface area contributed by atoms with Gasteiger partial charge in [-0.1, -0.05) is 18.2 Å². The molecule has 1 unspecified atom stereocenters. The van der Waals surface area contributed by atoms with Gasteiger partial charge in [-0.25, -0.2) is 0 Å². The van der Waals surface area contributed by atoms with Gasteiger partial charge in [0.15, 0.2) is 11.5 Å². The van der Waals surface area contributed by atoms with Crippen LogP contribution in [0.5, 0.6) is 11.5 Å². The Bertz CT molecular complexity index is 661. The molecule has 1 aromatic carbocycles. The second-order valence-corrected chi connectivity index (χ2v) is 7.52. The Morgan fingerprint density at radius 2 is 2.08 bits per heavy atom. The zero-order chi connectivity index (χ0) is 18.6. The van der Waals surface area contributed by atoms with Crippen LogP contribution in [0.15, 0.2) is 30.9 Å². The lowest BCUT2D eigenvalue weighted by molar-refractivity contribution is -0.129. The van der Waals surface area contributed by atoms with Gasteiger partial charge in [0.1, 0.15) is 0 Å². The van der Waals surface area contributed by atoms with Crippen molar-refractivity contribution in [3.8, 4) is 11.5 Å². The van der Waals surface area contributed by atoms with E-state index in [-0.39, 0.29) is 11.3 Å². The molecular weight excluding hydrogens is 328 g/mol. The smallest absolute Gasteiger partial charge is 0.226 e. The van der Waals surface area contributed by atoms with Gasteiger partial charge in [-0.2, -0.15) is 0 Å². The molecule has 5 heteroatoms. The zero-order valence-electron chi connectivity index (χ0n) is 16.0. The third-order valence-electron chi connectivity index (χ3n) is 5.73. The number of likely N-dealkylation sites (tertiary alicyclic amines) is 2. The largest absolute Gasteiger partial charge is 0.493 e. The molecule has 0 saturated carbocycles. The maximum atomic E-state index is 12.2. The van der Waals surface area contributed by atoms with Crippen LogP contribution in [0.25, 0.3) is 0 Å². The molecule has 26 heavy (non-hydrogen) atoms. The second kappa shape index (κ2) is 8.12. The highest BCUT2D eigenvalue weighted by Gasteiger charge is 2.42. The Morgan fingerprint density at radius 3 is 2.81 bits per heavy atom. The van der Waals surface area contributed by atoms with E-state index in [1.165, 1.54) is 12.8 Å². The number of hydrogen-bond acceptors (Lipinski definition) is 4. The number of carbonyl (C=O) groups is 1. The average molecular weight is 358 g/mol. The summed E-state index contributed by atoms with van der Waals surface area (Å²) in [6.45, 7) is 8.41. The third-order valence-corrected chi connectivity index (χ3v) is 5.73. The van der Waals surface area contributed by atoms with Gasteiger partial charge in [0, 0.05) is 43.6 Å². The highest BCUT2D eigenvalue weighted by atomic mass is 16.5. The molecule has 142 valence electrons. The van der Waals surface area contributed by atoms with Gasteiger partial charge in [-0.15, -0.1) is 6.58 Å². The fraction of sp³-hybridized carbons (Fsp3) is 0.571. The molecule has 2 aliphatic rings. The van der Waals surface area contributed by atoms with Crippen LogP contribution >= 0.6 is 0 Å². The van der Waals surface area contributed by atoms with E-state index in [1.54, 1.807) is 20.3 Å². The van der Waals surface area contributed by atoms with E-state index in [4.69, 9.17) is 9.47 Å². The summed E-state index contributed by atoms with van der Waals surface area (Å²) in [5.74, 6) is 1.81. The molecule has 5 nitrogen and oxygen atoms in total. The molecular formula is C21H30N2O3. The summed E-state index contributed by atoms with van der Waals surface area (Å²) < 4.78 is 11.0.